The lowest BCUT2D eigenvalue weighted by atomic mass is 10.2. The number of carbonyl (C=O) groups is 2. The van der Waals surface area contributed by atoms with Crippen LogP contribution in [0.3, 0.4) is 0 Å². The lowest BCUT2D eigenvalue weighted by Gasteiger charge is -2.10. The molecule has 1 aromatic rings. The van der Waals surface area contributed by atoms with Gasteiger partial charge in [-0.1, -0.05) is 19.9 Å². The first-order valence-electron chi connectivity index (χ1n) is 7.46. The maximum Gasteiger partial charge on any atom is 0.238 e. The predicted octanol–water partition coefficient (Wildman–Crippen LogP) is 2.64. The molecule has 0 radical (unpaired) electrons. The number of amides is 2. The Balaban J connectivity index is 0.00000242. The Bertz CT molecular complexity index is 516. The fraction of sp³-hybridized carbons (Fsp3) is 0.500. The van der Waals surface area contributed by atoms with Crippen LogP contribution in [0.25, 0.3) is 0 Å². The number of hydrogen-bond acceptors (Lipinski definition) is 3. The van der Waals surface area contributed by atoms with Crippen molar-refractivity contribution in [3.8, 4) is 0 Å². The molecule has 2 rings (SSSR count). The van der Waals surface area contributed by atoms with Crippen molar-refractivity contribution in [3.05, 3.63) is 24.3 Å². The van der Waals surface area contributed by atoms with E-state index in [4.69, 9.17) is 0 Å². The van der Waals surface area contributed by atoms with Gasteiger partial charge in [0.2, 0.25) is 11.8 Å². The van der Waals surface area contributed by atoms with Crippen LogP contribution < -0.4 is 16.0 Å². The first-order chi connectivity index (χ1) is 10.0. The lowest BCUT2D eigenvalue weighted by Crippen LogP contribution is -2.29. The fourth-order valence-corrected chi connectivity index (χ4v) is 1.88. The maximum atomic E-state index is 11.8. The van der Waals surface area contributed by atoms with Crippen molar-refractivity contribution in [2.45, 2.75) is 26.7 Å². The van der Waals surface area contributed by atoms with E-state index in [2.05, 4.69) is 16.0 Å². The molecule has 0 bridgehead atoms. The lowest BCUT2D eigenvalue weighted by molar-refractivity contribution is -0.119. The molecule has 122 valence electrons. The number of nitrogens with one attached hydrogen (secondary N) is 3. The average molecular weight is 326 g/mol. The van der Waals surface area contributed by atoms with Gasteiger partial charge in [-0.05, 0) is 43.5 Å². The Kier molecular flexibility index (Phi) is 7.35. The van der Waals surface area contributed by atoms with E-state index >= 15 is 0 Å². The van der Waals surface area contributed by atoms with Crippen molar-refractivity contribution in [1.82, 2.24) is 5.32 Å². The normalized spacial score (nSPS) is 13.4. The van der Waals surface area contributed by atoms with Crippen LogP contribution in [0.2, 0.25) is 0 Å². The fourth-order valence-electron chi connectivity index (χ4n) is 1.88. The van der Waals surface area contributed by atoms with Gasteiger partial charge in [-0.15, -0.1) is 12.4 Å². The van der Waals surface area contributed by atoms with Gasteiger partial charge in [0.25, 0.3) is 0 Å². The van der Waals surface area contributed by atoms with Crippen LogP contribution in [0.5, 0.6) is 0 Å². The maximum absolute atomic E-state index is 11.8. The van der Waals surface area contributed by atoms with E-state index in [1.807, 2.05) is 26.0 Å². The Hall–Kier alpha value is -1.59. The van der Waals surface area contributed by atoms with E-state index in [0.29, 0.717) is 17.9 Å². The highest BCUT2D eigenvalue weighted by Gasteiger charge is 2.20. The van der Waals surface area contributed by atoms with Crippen LogP contribution in [0, 0.1) is 11.8 Å². The van der Waals surface area contributed by atoms with Crippen LogP contribution in [0.1, 0.15) is 26.7 Å². The molecule has 0 unspecified atom stereocenters. The number of hydrogen-bond donors (Lipinski definition) is 3. The van der Waals surface area contributed by atoms with E-state index in [1.165, 1.54) is 12.8 Å². The van der Waals surface area contributed by atoms with Gasteiger partial charge in [-0.25, -0.2) is 0 Å². The number of benzene rings is 1. The SMILES string of the molecule is CC(C)C(=O)Nc1cccc(NC(=O)CNCC2CC2)c1.Cl. The molecule has 3 N–H and O–H groups in total. The highest BCUT2D eigenvalue weighted by molar-refractivity contribution is 5.95. The summed E-state index contributed by atoms with van der Waals surface area (Å²) < 4.78 is 0. The summed E-state index contributed by atoms with van der Waals surface area (Å²) in [6.45, 7) is 4.91. The molecule has 22 heavy (non-hydrogen) atoms. The topological polar surface area (TPSA) is 70.2 Å². The van der Waals surface area contributed by atoms with Gasteiger partial charge in [0.15, 0.2) is 0 Å². The van der Waals surface area contributed by atoms with E-state index in [-0.39, 0.29) is 30.1 Å². The number of rotatable bonds is 7. The second-order valence-electron chi connectivity index (χ2n) is 5.85. The minimum absolute atomic E-state index is 0. The van der Waals surface area contributed by atoms with Gasteiger partial charge >= 0.3 is 0 Å². The smallest absolute Gasteiger partial charge is 0.238 e. The summed E-state index contributed by atoms with van der Waals surface area (Å²) >= 11 is 0. The van der Waals surface area contributed by atoms with Gasteiger partial charge in [0.1, 0.15) is 0 Å². The van der Waals surface area contributed by atoms with Crippen molar-refractivity contribution in [2.75, 3.05) is 23.7 Å². The molecule has 0 spiro atoms. The molecule has 0 heterocycles. The standard InChI is InChI=1S/C16H23N3O2.ClH/c1-11(2)16(21)19-14-5-3-4-13(8-14)18-15(20)10-17-9-12-6-7-12;/h3-5,8,11-12,17H,6-7,9-10H2,1-2H3,(H,18,20)(H,19,21);1H. The second-order valence-corrected chi connectivity index (χ2v) is 5.85. The molecular weight excluding hydrogens is 302 g/mol. The van der Waals surface area contributed by atoms with Crippen molar-refractivity contribution in [2.24, 2.45) is 11.8 Å². The number of halogens is 1. The zero-order valence-corrected chi connectivity index (χ0v) is 13.8. The first kappa shape index (κ1) is 18.5. The van der Waals surface area contributed by atoms with Gasteiger partial charge < -0.3 is 16.0 Å². The molecule has 5 nitrogen and oxygen atoms in total. The largest absolute Gasteiger partial charge is 0.326 e. The van der Waals surface area contributed by atoms with Crippen LogP contribution >= 0.6 is 12.4 Å². The van der Waals surface area contributed by atoms with Crippen molar-refractivity contribution in [3.63, 3.8) is 0 Å². The summed E-state index contributed by atoms with van der Waals surface area (Å²) in [5.74, 6) is 0.579. The summed E-state index contributed by atoms with van der Waals surface area (Å²) in [7, 11) is 0. The molecule has 1 fully saturated rings. The predicted molar refractivity (Wildman–Crippen MR) is 91.4 cm³/mol. The Morgan fingerprint density at radius 3 is 2.41 bits per heavy atom. The quantitative estimate of drug-likeness (QED) is 0.721. The van der Waals surface area contributed by atoms with Crippen LogP contribution in [-0.4, -0.2) is 24.9 Å². The Morgan fingerprint density at radius 2 is 1.82 bits per heavy atom. The summed E-state index contributed by atoms with van der Waals surface area (Å²) in [6.07, 6.45) is 2.54. The molecule has 6 heteroatoms. The number of anilines is 2. The zero-order valence-electron chi connectivity index (χ0n) is 13.0. The third-order valence-electron chi connectivity index (χ3n) is 3.35. The second kappa shape index (κ2) is 8.76. The highest BCUT2D eigenvalue weighted by atomic mass is 35.5. The van der Waals surface area contributed by atoms with Gasteiger partial charge in [0.05, 0.1) is 6.54 Å². The van der Waals surface area contributed by atoms with Gasteiger partial charge in [-0.3, -0.25) is 9.59 Å². The van der Waals surface area contributed by atoms with Crippen LogP contribution in [0.4, 0.5) is 11.4 Å². The van der Waals surface area contributed by atoms with E-state index in [9.17, 15) is 9.59 Å². The van der Waals surface area contributed by atoms with Crippen molar-refractivity contribution < 1.29 is 9.59 Å². The summed E-state index contributed by atoms with van der Waals surface area (Å²) in [6, 6.07) is 7.19. The van der Waals surface area contributed by atoms with Crippen LogP contribution in [-0.2, 0) is 9.59 Å². The molecule has 2 amide bonds. The molecule has 1 aliphatic rings. The first-order valence-corrected chi connectivity index (χ1v) is 7.46. The van der Waals surface area contributed by atoms with Crippen molar-refractivity contribution >= 4 is 35.6 Å². The molecule has 0 aromatic heterocycles. The van der Waals surface area contributed by atoms with E-state index in [1.54, 1.807) is 12.1 Å². The van der Waals surface area contributed by atoms with Crippen molar-refractivity contribution in [1.29, 1.82) is 0 Å². The molecule has 1 aromatic carbocycles. The molecular formula is C16H24ClN3O2. The minimum atomic E-state index is -0.0742. The van der Waals surface area contributed by atoms with Gasteiger partial charge in [0, 0.05) is 17.3 Å². The molecule has 0 saturated heterocycles. The zero-order chi connectivity index (χ0) is 15.2. The van der Waals surface area contributed by atoms with E-state index in [0.717, 1.165) is 12.5 Å². The minimum Gasteiger partial charge on any atom is -0.326 e. The highest BCUT2D eigenvalue weighted by Crippen LogP contribution is 2.27. The summed E-state index contributed by atoms with van der Waals surface area (Å²) in [5.41, 5.74) is 1.38. The third kappa shape index (κ3) is 6.45. The molecule has 0 aliphatic heterocycles. The molecule has 0 atom stereocenters. The molecule has 1 saturated carbocycles. The third-order valence-corrected chi connectivity index (χ3v) is 3.35. The van der Waals surface area contributed by atoms with E-state index < -0.39 is 0 Å². The average Bonchev–Trinajstić information content (AvgIpc) is 3.23. The Labute approximate surface area is 137 Å². The van der Waals surface area contributed by atoms with Gasteiger partial charge in [-0.2, -0.15) is 0 Å². The van der Waals surface area contributed by atoms with Crippen LogP contribution in [0.15, 0.2) is 24.3 Å². The number of carbonyl (C=O) groups excluding carboxylic acids is 2. The summed E-state index contributed by atoms with van der Waals surface area (Å²) in [5, 5.41) is 8.79. The molecule has 1 aliphatic carbocycles. The monoisotopic (exact) mass is 325 g/mol. The summed E-state index contributed by atoms with van der Waals surface area (Å²) in [4.78, 5) is 23.4. The Morgan fingerprint density at radius 1 is 1.18 bits per heavy atom.